The molecule has 27 heavy (non-hydrogen) atoms. The Bertz CT molecular complexity index is 1020. The first-order valence-corrected chi connectivity index (χ1v) is 9.64. The summed E-state index contributed by atoms with van der Waals surface area (Å²) in [5.41, 5.74) is 0.115. The summed E-state index contributed by atoms with van der Waals surface area (Å²) >= 11 is 0. The van der Waals surface area contributed by atoms with Crippen LogP contribution >= 0.6 is 0 Å². The van der Waals surface area contributed by atoms with E-state index in [1.54, 1.807) is 36.4 Å². The molecule has 1 amide bonds. The third kappa shape index (κ3) is 2.99. The molecule has 2 aromatic carbocycles. The standard InChI is InChI=1S/C18H15NO7S/c20-17-12-5-1-4-8-16(12)27(22,23)19(17)9-10-24-18(21)15-11-25-13-6-2-3-7-14(13)26-15/h1-8,15H,9-11H2/t15-/m0/s1. The zero-order valence-electron chi connectivity index (χ0n) is 14.0. The second kappa shape index (κ2) is 6.58. The number of para-hydroxylation sites is 2. The molecule has 8 nitrogen and oxygen atoms in total. The number of hydrogen-bond donors (Lipinski definition) is 0. The summed E-state index contributed by atoms with van der Waals surface area (Å²) in [7, 11) is -3.92. The van der Waals surface area contributed by atoms with Gasteiger partial charge in [-0.2, -0.15) is 0 Å². The number of amides is 1. The Hall–Kier alpha value is -3.07. The number of fused-ring (bicyclic) bond motifs is 2. The minimum Gasteiger partial charge on any atom is -0.485 e. The van der Waals surface area contributed by atoms with Gasteiger partial charge < -0.3 is 14.2 Å². The molecule has 0 bridgehead atoms. The highest BCUT2D eigenvalue weighted by atomic mass is 32.2. The van der Waals surface area contributed by atoms with Crippen molar-refractivity contribution in [2.24, 2.45) is 0 Å². The van der Waals surface area contributed by atoms with Crippen molar-refractivity contribution < 1.29 is 32.2 Å². The average molecular weight is 389 g/mol. The van der Waals surface area contributed by atoms with Gasteiger partial charge in [0.25, 0.3) is 15.9 Å². The Kier molecular flexibility index (Phi) is 4.23. The maximum atomic E-state index is 12.4. The Balaban J connectivity index is 1.37. The van der Waals surface area contributed by atoms with Crippen molar-refractivity contribution in [3.05, 3.63) is 54.1 Å². The van der Waals surface area contributed by atoms with Crippen molar-refractivity contribution in [2.45, 2.75) is 11.0 Å². The summed E-state index contributed by atoms with van der Waals surface area (Å²) < 4.78 is 41.6. The SMILES string of the molecule is O=C(OCCN1C(=O)c2ccccc2S1(=O)=O)[C@@H]1COc2ccccc2O1. The van der Waals surface area contributed by atoms with E-state index >= 15 is 0 Å². The van der Waals surface area contributed by atoms with E-state index in [0.29, 0.717) is 15.8 Å². The molecule has 0 fully saturated rings. The third-order valence-corrected chi connectivity index (χ3v) is 6.06. The number of rotatable bonds is 4. The van der Waals surface area contributed by atoms with E-state index in [4.69, 9.17) is 14.2 Å². The molecule has 0 spiro atoms. The molecule has 140 valence electrons. The molecule has 0 radical (unpaired) electrons. The van der Waals surface area contributed by atoms with Crippen molar-refractivity contribution in [3.8, 4) is 11.5 Å². The van der Waals surface area contributed by atoms with Gasteiger partial charge in [0.1, 0.15) is 18.1 Å². The van der Waals surface area contributed by atoms with Gasteiger partial charge >= 0.3 is 5.97 Å². The van der Waals surface area contributed by atoms with Crippen LogP contribution in [0.4, 0.5) is 0 Å². The van der Waals surface area contributed by atoms with Crippen LogP contribution < -0.4 is 9.47 Å². The van der Waals surface area contributed by atoms with E-state index in [9.17, 15) is 18.0 Å². The molecule has 2 aromatic rings. The Labute approximate surface area is 155 Å². The summed E-state index contributed by atoms with van der Waals surface area (Å²) in [6.45, 7) is -0.562. The predicted molar refractivity (Wildman–Crippen MR) is 92.0 cm³/mol. The summed E-state index contributed by atoms with van der Waals surface area (Å²) in [6, 6.07) is 12.9. The first-order chi connectivity index (χ1) is 13.0. The molecule has 9 heteroatoms. The molecular weight excluding hydrogens is 374 g/mol. The van der Waals surface area contributed by atoms with Crippen LogP contribution in [0.25, 0.3) is 0 Å². The van der Waals surface area contributed by atoms with E-state index in [1.807, 2.05) is 0 Å². The fraction of sp³-hybridized carbons (Fsp3) is 0.222. The molecular formula is C18H15NO7S. The van der Waals surface area contributed by atoms with Gasteiger partial charge in [-0.15, -0.1) is 0 Å². The number of carbonyl (C=O) groups excluding carboxylic acids is 2. The van der Waals surface area contributed by atoms with Crippen LogP contribution in [-0.4, -0.2) is 50.5 Å². The van der Waals surface area contributed by atoms with Crippen LogP contribution in [0.1, 0.15) is 10.4 Å². The fourth-order valence-corrected chi connectivity index (χ4v) is 4.46. The average Bonchev–Trinajstić information content (AvgIpc) is 2.88. The molecule has 0 saturated carbocycles. The molecule has 0 aromatic heterocycles. The zero-order chi connectivity index (χ0) is 19.0. The summed E-state index contributed by atoms with van der Waals surface area (Å²) in [6.07, 6.45) is -0.956. The molecule has 0 N–H and O–H groups in total. The second-order valence-corrected chi connectivity index (χ2v) is 7.74. The van der Waals surface area contributed by atoms with Crippen LogP contribution in [0.3, 0.4) is 0 Å². The first-order valence-electron chi connectivity index (χ1n) is 8.20. The van der Waals surface area contributed by atoms with Crippen molar-refractivity contribution in [2.75, 3.05) is 19.8 Å². The zero-order valence-corrected chi connectivity index (χ0v) is 14.8. The largest absolute Gasteiger partial charge is 0.485 e. The van der Waals surface area contributed by atoms with Gasteiger partial charge in [0.2, 0.25) is 6.10 Å². The van der Waals surface area contributed by atoms with Gasteiger partial charge in [0.05, 0.1) is 12.1 Å². The molecule has 4 rings (SSSR count). The summed E-state index contributed by atoms with van der Waals surface area (Å²) in [5, 5.41) is 0. The molecule has 0 saturated heterocycles. The van der Waals surface area contributed by atoms with Crippen LogP contribution in [0, 0.1) is 0 Å². The van der Waals surface area contributed by atoms with Crippen molar-refractivity contribution >= 4 is 21.9 Å². The Morgan fingerprint density at radius 3 is 2.59 bits per heavy atom. The minimum absolute atomic E-state index is 0.0117. The van der Waals surface area contributed by atoms with E-state index in [0.717, 1.165) is 0 Å². The van der Waals surface area contributed by atoms with Crippen molar-refractivity contribution in [3.63, 3.8) is 0 Å². The lowest BCUT2D eigenvalue weighted by molar-refractivity contribution is -0.154. The monoisotopic (exact) mass is 389 g/mol. The van der Waals surface area contributed by atoms with Crippen LogP contribution in [-0.2, 0) is 19.6 Å². The van der Waals surface area contributed by atoms with Crippen LogP contribution in [0.15, 0.2) is 53.4 Å². The third-order valence-electron chi connectivity index (χ3n) is 4.22. The van der Waals surface area contributed by atoms with E-state index in [2.05, 4.69) is 0 Å². The highest BCUT2D eigenvalue weighted by molar-refractivity contribution is 7.90. The first kappa shape index (κ1) is 17.3. The normalized spacial score (nSPS) is 19.5. The van der Waals surface area contributed by atoms with Crippen molar-refractivity contribution in [1.82, 2.24) is 4.31 Å². The molecule has 0 unspecified atom stereocenters. The minimum atomic E-state index is -3.92. The second-order valence-electron chi connectivity index (χ2n) is 5.91. The quantitative estimate of drug-likeness (QED) is 0.725. The fourth-order valence-electron chi connectivity index (χ4n) is 2.91. The van der Waals surface area contributed by atoms with Crippen molar-refractivity contribution in [1.29, 1.82) is 0 Å². The van der Waals surface area contributed by atoms with E-state index < -0.39 is 28.0 Å². The summed E-state index contributed by atoms with van der Waals surface area (Å²) in [5.74, 6) is -0.356. The lowest BCUT2D eigenvalue weighted by atomic mass is 10.2. The van der Waals surface area contributed by atoms with Crippen LogP contribution in [0.2, 0.25) is 0 Å². The Morgan fingerprint density at radius 1 is 1.11 bits per heavy atom. The lowest BCUT2D eigenvalue weighted by Gasteiger charge is -2.25. The summed E-state index contributed by atoms with van der Waals surface area (Å²) in [4.78, 5) is 24.4. The molecule has 1 atom stereocenters. The van der Waals surface area contributed by atoms with E-state index in [1.165, 1.54) is 12.1 Å². The van der Waals surface area contributed by atoms with Gasteiger partial charge in [-0.1, -0.05) is 24.3 Å². The molecule has 2 heterocycles. The van der Waals surface area contributed by atoms with Gasteiger partial charge in [0.15, 0.2) is 11.5 Å². The number of hydrogen-bond acceptors (Lipinski definition) is 7. The molecule has 0 aliphatic carbocycles. The number of carbonyl (C=O) groups is 2. The lowest BCUT2D eigenvalue weighted by Crippen LogP contribution is -2.39. The maximum absolute atomic E-state index is 12.4. The smallest absolute Gasteiger partial charge is 0.351 e. The number of ether oxygens (including phenoxy) is 3. The number of esters is 1. The van der Waals surface area contributed by atoms with E-state index in [-0.39, 0.29) is 30.2 Å². The van der Waals surface area contributed by atoms with Gasteiger partial charge in [-0.25, -0.2) is 17.5 Å². The number of sulfonamides is 1. The topological polar surface area (TPSA) is 99.2 Å². The number of benzene rings is 2. The number of nitrogens with zero attached hydrogens (tertiary/aromatic N) is 1. The maximum Gasteiger partial charge on any atom is 0.351 e. The van der Waals surface area contributed by atoms with Gasteiger partial charge in [-0.3, -0.25) is 4.79 Å². The predicted octanol–water partition coefficient (Wildman–Crippen LogP) is 1.21. The molecule has 2 aliphatic rings. The Morgan fingerprint density at radius 2 is 1.81 bits per heavy atom. The van der Waals surface area contributed by atoms with Gasteiger partial charge in [-0.05, 0) is 24.3 Å². The molecule has 2 aliphatic heterocycles. The van der Waals surface area contributed by atoms with Crippen LogP contribution in [0.5, 0.6) is 11.5 Å². The highest BCUT2D eigenvalue weighted by Crippen LogP contribution is 2.31. The highest BCUT2D eigenvalue weighted by Gasteiger charge is 2.40. The van der Waals surface area contributed by atoms with Gasteiger partial charge in [0, 0.05) is 0 Å².